The number of ether oxygens (including phenoxy) is 1. The summed E-state index contributed by atoms with van der Waals surface area (Å²) in [6.07, 6.45) is 2.46. The first-order chi connectivity index (χ1) is 10.3. The summed E-state index contributed by atoms with van der Waals surface area (Å²) >= 11 is 0. The van der Waals surface area contributed by atoms with Gasteiger partial charge >= 0.3 is 0 Å². The fourth-order valence-corrected chi connectivity index (χ4v) is 2.68. The van der Waals surface area contributed by atoms with E-state index in [2.05, 4.69) is 10.6 Å². The zero-order valence-electron chi connectivity index (χ0n) is 12.4. The first-order valence-electron chi connectivity index (χ1n) is 7.43. The molecule has 0 spiro atoms. The van der Waals surface area contributed by atoms with Crippen molar-refractivity contribution in [1.29, 1.82) is 0 Å². The van der Waals surface area contributed by atoms with Crippen molar-refractivity contribution in [3.8, 4) is 0 Å². The summed E-state index contributed by atoms with van der Waals surface area (Å²) in [4.78, 5) is 12.0. The minimum atomic E-state index is -0.0237. The smallest absolute Gasteiger partial charge is 0.238 e. The van der Waals surface area contributed by atoms with Crippen molar-refractivity contribution in [2.75, 3.05) is 25.0 Å². The molecule has 1 unspecified atom stereocenters. The summed E-state index contributed by atoms with van der Waals surface area (Å²) in [5.41, 5.74) is 0.858. The van der Waals surface area contributed by atoms with Crippen molar-refractivity contribution in [2.24, 2.45) is 0 Å². The van der Waals surface area contributed by atoms with Crippen molar-refractivity contribution < 1.29 is 9.53 Å². The predicted octanol–water partition coefficient (Wildman–Crippen LogP) is 2.97. The van der Waals surface area contributed by atoms with Gasteiger partial charge in [0.05, 0.1) is 12.6 Å². The van der Waals surface area contributed by atoms with Gasteiger partial charge in [-0.15, -0.1) is 12.4 Å². The second kappa shape index (κ2) is 8.13. The molecule has 1 aliphatic rings. The summed E-state index contributed by atoms with van der Waals surface area (Å²) in [5.74, 6) is -0.0237. The maximum Gasteiger partial charge on any atom is 0.238 e. The highest BCUT2D eigenvalue weighted by Crippen LogP contribution is 2.22. The Kier molecular flexibility index (Phi) is 6.19. The number of amides is 1. The van der Waals surface area contributed by atoms with E-state index in [1.807, 2.05) is 42.5 Å². The molecule has 0 saturated carbocycles. The third-order valence-electron chi connectivity index (χ3n) is 3.75. The molecule has 0 radical (unpaired) electrons. The van der Waals surface area contributed by atoms with Crippen molar-refractivity contribution in [3.05, 3.63) is 42.5 Å². The summed E-state index contributed by atoms with van der Waals surface area (Å²) in [5, 5.41) is 8.32. The van der Waals surface area contributed by atoms with Crippen molar-refractivity contribution in [3.63, 3.8) is 0 Å². The number of fused-ring (bicyclic) bond motifs is 1. The number of hydrogen-bond donors (Lipinski definition) is 2. The molecular weight excluding hydrogens is 300 g/mol. The molecule has 2 N–H and O–H groups in total. The lowest BCUT2D eigenvalue weighted by molar-refractivity contribution is -0.115. The summed E-state index contributed by atoms with van der Waals surface area (Å²) < 4.78 is 5.52. The van der Waals surface area contributed by atoms with Gasteiger partial charge in [-0.1, -0.05) is 36.4 Å². The van der Waals surface area contributed by atoms with Crippen LogP contribution in [0.2, 0.25) is 0 Å². The molecule has 2 aromatic rings. The van der Waals surface area contributed by atoms with Gasteiger partial charge in [0, 0.05) is 24.2 Å². The van der Waals surface area contributed by atoms with E-state index in [9.17, 15) is 4.79 Å². The van der Waals surface area contributed by atoms with Crippen LogP contribution in [0.3, 0.4) is 0 Å². The Morgan fingerprint density at radius 3 is 2.82 bits per heavy atom. The molecule has 4 nitrogen and oxygen atoms in total. The van der Waals surface area contributed by atoms with Gasteiger partial charge in [0.1, 0.15) is 0 Å². The number of halogens is 1. The van der Waals surface area contributed by atoms with Crippen molar-refractivity contribution in [1.82, 2.24) is 5.32 Å². The first kappa shape index (κ1) is 16.7. The van der Waals surface area contributed by atoms with Gasteiger partial charge in [-0.25, -0.2) is 0 Å². The molecule has 1 saturated heterocycles. The largest absolute Gasteiger partial charge is 0.377 e. The molecule has 0 aromatic heterocycles. The number of carbonyl (C=O) groups excluding carboxylic acids is 1. The Labute approximate surface area is 136 Å². The number of rotatable bonds is 5. The lowest BCUT2D eigenvalue weighted by Gasteiger charge is -2.12. The third kappa shape index (κ3) is 4.19. The minimum Gasteiger partial charge on any atom is -0.377 e. The molecule has 118 valence electrons. The highest BCUT2D eigenvalue weighted by molar-refractivity contribution is 6.02. The van der Waals surface area contributed by atoms with E-state index in [4.69, 9.17) is 4.74 Å². The number of carbonyl (C=O) groups is 1. The van der Waals surface area contributed by atoms with Crippen LogP contribution >= 0.6 is 12.4 Å². The van der Waals surface area contributed by atoms with Crippen LogP contribution < -0.4 is 10.6 Å². The van der Waals surface area contributed by atoms with Gasteiger partial charge < -0.3 is 15.4 Å². The molecule has 3 rings (SSSR count). The fourth-order valence-electron chi connectivity index (χ4n) is 2.68. The Morgan fingerprint density at radius 1 is 1.18 bits per heavy atom. The molecule has 1 heterocycles. The van der Waals surface area contributed by atoms with E-state index in [0.29, 0.717) is 6.54 Å². The average Bonchev–Trinajstić information content (AvgIpc) is 3.01. The number of benzene rings is 2. The van der Waals surface area contributed by atoms with Crippen LogP contribution in [0.4, 0.5) is 5.69 Å². The van der Waals surface area contributed by atoms with Gasteiger partial charge in [-0.2, -0.15) is 0 Å². The number of hydrogen-bond acceptors (Lipinski definition) is 3. The molecule has 1 amide bonds. The summed E-state index contributed by atoms with van der Waals surface area (Å²) in [7, 11) is 0. The van der Waals surface area contributed by atoms with Crippen LogP contribution in [-0.4, -0.2) is 31.7 Å². The van der Waals surface area contributed by atoms with Gasteiger partial charge in [-0.05, 0) is 24.3 Å². The maximum atomic E-state index is 12.0. The van der Waals surface area contributed by atoms with Gasteiger partial charge in [-0.3, -0.25) is 4.79 Å². The van der Waals surface area contributed by atoms with E-state index in [1.165, 1.54) is 0 Å². The van der Waals surface area contributed by atoms with E-state index >= 15 is 0 Å². The zero-order valence-corrected chi connectivity index (χ0v) is 13.2. The second-order valence-electron chi connectivity index (χ2n) is 5.34. The Balaban J connectivity index is 0.00000176. The summed E-state index contributed by atoms with van der Waals surface area (Å²) in [6, 6.07) is 14.0. The highest BCUT2D eigenvalue weighted by Gasteiger charge is 2.15. The zero-order chi connectivity index (χ0) is 14.5. The lowest BCUT2D eigenvalue weighted by Crippen LogP contribution is -2.33. The Hall–Kier alpha value is -1.62. The number of anilines is 1. The van der Waals surface area contributed by atoms with Crippen molar-refractivity contribution in [2.45, 2.75) is 18.9 Å². The molecule has 0 bridgehead atoms. The van der Waals surface area contributed by atoms with Crippen molar-refractivity contribution >= 4 is 34.8 Å². The molecule has 22 heavy (non-hydrogen) atoms. The Bertz CT molecular complexity index is 622. The highest BCUT2D eigenvalue weighted by atomic mass is 35.5. The standard InChI is InChI=1S/C17H20N2O2.ClH/c20-17(12-18-11-14-7-4-10-21-14)19-16-9-3-6-13-5-1-2-8-15(13)16;/h1-3,5-6,8-9,14,18H,4,7,10-12H2,(H,19,20);1H. The topological polar surface area (TPSA) is 50.4 Å². The normalized spacial score (nSPS) is 17.2. The van der Waals surface area contributed by atoms with E-state index in [0.717, 1.165) is 42.5 Å². The number of nitrogens with one attached hydrogen (secondary N) is 2. The van der Waals surface area contributed by atoms with Crippen LogP contribution in [0.15, 0.2) is 42.5 Å². The quantitative estimate of drug-likeness (QED) is 0.890. The molecule has 1 atom stereocenters. The van der Waals surface area contributed by atoms with Crippen LogP contribution in [0, 0.1) is 0 Å². The first-order valence-corrected chi connectivity index (χ1v) is 7.43. The minimum absolute atomic E-state index is 0. The monoisotopic (exact) mass is 320 g/mol. The average molecular weight is 321 g/mol. The Morgan fingerprint density at radius 2 is 2.00 bits per heavy atom. The molecule has 5 heteroatoms. The van der Waals surface area contributed by atoms with E-state index in [1.54, 1.807) is 0 Å². The van der Waals surface area contributed by atoms with Crippen LogP contribution in [0.25, 0.3) is 10.8 Å². The van der Waals surface area contributed by atoms with Gasteiger partial charge in [0.2, 0.25) is 5.91 Å². The fraction of sp³-hybridized carbons (Fsp3) is 0.353. The molecule has 1 fully saturated rings. The molecular formula is C17H21ClN2O2. The van der Waals surface area contributed by atoms with Crippen LogP contribution in [-0.2, 0) is 9.53 Å². The van der Waals surface area contributed by atoms with E-state index < -0.39 is 0 Å². The predicted molar refractivity (Wildman–Crippen MR) is 91.7 cm³/mol. The second-order valence-corrected chi connectivity index (χ2v) is 5.34. The van der Waals surface area contributed by atoms with Crippen LogP contribution in [0.1, 0.15) is 12.8 Å². The SMILES string of the molecule is Cl.O=C(CNCC1CCCO1)Nc1cccc2ccccc12. The molecule has 0 aliphatic carbocycles. The molecule has 2 aromatic carbocycles. The van der Waals surface area contributed by atoms with E-state index in [-0.39, 0.29) is 24.4 Å². The maximum absolute atomic E-state index is 12.0. The lowest BCUT2D eigenvalue weighted by atomic mass is 10.1. The molecule has 1 aliphatic heterocycles. The van der Waals surface area contributed by atoms with Crippen LogP contribution in [0.5, 0.6) is 0 Å². The van der Waals surface area contributed by atoms with Gasteiger partial charge in [0.25, 0.3) is 0 Å². The third-order valence-corrected chi connectivity index (χ3v) is 3.75. The summed E-state index contributed by atoms with van der Waals surface area (Å²) in [6.45, 7) is 1.89. The van der Waals surface area contributed by atoms with Gasteiger partial charge in [0.15, 0.2) is 0 Å².